The van der Waals surface area contributed by atoms with E-state index in [9.17, 15) is 4.79 Å². The Labute approximate surface area is 87.2 Å². The van der Waals surface area contributed by atoms with Gasteiger partial charge in [-0.05, 0) is 18.3 Å². The second-order valence-electron chi connectivity index (χ2n) is 5.58. The molecule has 1 amide bonds. The summed E-state index contributed by atoms with van der Waals surface area (Å²) in [5, 5.41) is 0. The summed E-state index contributed by atoms with van der Waals surface area (Å²) in [6.07, 6.45) is 6.16. The summed E-state index contributed by atoms with van der Waals surface area (Å²) in [6, 6.07) is 0. The number of amides is 1. The van der Waals surface area contributed by atoms with Crippen molar-refractivity contribution >= 4 is 5.91 Å². The van der Waals surface area contributed by atoms with Gasteiger partial charge in [0.1, 0.15) is 0 Å². The SMILES string of the molecule is CC1CCC(CC(C)(C)C(N)=O)CC1. The van der Waals surface area contributed by atoms with Gasteiger partial charge in [0.05, 0.1) is 0 Å². The summed E-state index contributed by atoms with van der Waals surface area (Å²) in [7, 11) is 0. The summed E-state index contributed by atoms with van der Waals surface area (Å²) < 4.78 is 0. The Morgan fingerprint density at radius 3 is 2.21 bits per heavy atom. The van der Waals surface area contributed by atoms with Crippen molar-refractivity contribution in [2.45, 2.75) is 52.9 Å². The molecule has 1 fully saturated rings. The standard InChI is InChI=1S/C12H23NO/c1-9-4-6-10(7-5-9)8-12(2,3)11(13)14/h9-10H,4-8H2,1-3H3,(H2,13,14). The van der Waals surface area contributed by atoms with E-state index in [1.54, 1.807) is 0 Å². The number of nitrogens with two attached hydrogens (primary N) is 1. The Kier molecular flexibility index (Phi) is 3.57. The molecule has 0 spiro atoms. The highest BCUT2D eigenvalue weighted by Gasteiger charge is 2.30. The molecule has 1 saturated carbocycles. The van der Waals surface area contributed by atoms with Crippen LogP contribution < -0.4 is 5.73 Å². The largest absolute Gasteiger partial charge is 0.369 e. The van der Waals surface area contributed by atoms with Gasteiger partial charge in [-0.1, -0.05) is 46.5 Å². The first-order valence-electron chi connectivity index (χ1n) is 5.71. The highest BCUT2D eigenvalue weighted by Crippen LogP contribution is 2.36. The zero-order chi connectivity index (χ0) is 10.8. The predicted octanol–water partition coefficient (Wildman–Crippen LogP) is 2.71. The van der Waals surface area contributed by atoms with Crippen LogP contribution in [-0.4, -0.2) is 5.91 Å². The Morgan fingerprint density at radius 2 is 1.79 bits per heavy atom. The molecule has 0 radical (unpaired) electrons. The van der Waals surface area contributed by atoms with E-state index in [0.29, 0.717) is 5.92 Å². The molecule has 2 N–H and O–H groups in total. The van der Waals surface area contributed by atoms with Gasteiger partial charge in [0, 0.05) is 5.41 Å². The zero-order valence-electron chi connectivity index (χ0n) is 9.68. The molecule has 0 unspecified atom stereocenters. The lowest BCUT2D eigenvalue weighted by Crippen LogP contribution is -2.34. The fourth-order valence-electron chi connectivity index (χ4n) is 2.36. The van der Waals surface area contributed by atoms with Crippen LogP contribution in [0, 0.1) is 17.3 Å². The first-order valence-corrected chi connectivity index (χ1v) is 5.71. The summed E-state index contributed by atoms with van der Waals surface area (Å²) in [5.74, 6) is 1.44. The van der Waals surface area contributed by atoms with Crippen molar-refractivity contribution in [1.82, 2.24) is 0 Å². The lowest BCUT2D eigenvalue weighted by Gasteiger charge is -2.31. The van der Waals surface area contributed by atoms with Gasteiger partial charge in [-0.2, -0.15) is 0 Å². The normalized spacial score (nSPS) is 28.8. The van der Waals surface area contributed by atoms with Crippen molar-refractivity contribution in [3.05, 3.63) is 0 Å². The van der Waals surface area contributed by atoms with Crippen molar-refractivity contribution in [3.8, 4) is 0 Å². The van der Waals surface area contributed by atoms with Crippen molar-refractivity contribution in [2.24, 2.45) is 23.0 Å². The molecule has 14 heavy (non-hydrogen) atoms. The van der Waals surface area contributed by atoms with Gasteiger partial charge in [-0.25, -0.2) is 0 Å². The second kappa shape index (κ2) is 4.33. The van der Waals surface area contributed by atoms with Crippen LogP contribution in [0.4, 0.5) is 0 Å². The van der Waals surface area contributed by atoms with Gasteiger partial charge < -0.3 is 5.73 Å². The maximum absolute atomic E-state index is 11.2. The molecule has 0 aromatic rings. The Balaban J connectivity index is 2.41. The minimum Gasteiger partial charge on any atom is -0.369 e. The van der Waals surface area contributed by atoms with Crippen molar-refractivity contribution in [1.29, 1.82) is 0 Å². The third-order valence-corrected chi connectivity index (χ3v) is 3.60. The third kappa shape index (κ3) is 3.00. The first-order chi connectivity index (χ1) is 6.42. The number of primary amides is 1. The highest BCUT2D eigenvalue weighted by atomic mass is 16.1. The zero-order valence-corrected chi connectivity index (χ0v) is 9.68. The lowest BCUT2D eigenvalue weighted by atomic mass is 9.74. The summed E-state index contributed by atoms with van der Waals surface area (Å²) in [4.78, 5) is 11.2. The summed E-state index contributed by atoms with van der Waals surface area (Å²) in [5.41, 5.74) is 5.06. The van der Waals surface area contributed by atoms with Gasteiger partial charge >= 0.3 is 0 Å². The molecule has 0 aromatic heterocycles. The number of carbonyl (C=O) groups is 1. The van der Waals surface area contributed by atoms with Gasteiger partial charge in [-0.15, -0.1) is 0 Å². The average molecular weight is 197 g/mol. The minimum atomic E-state index is -0.314. The molecule has 0 atom stereocenters. The van der Waals surface area contributed by atoms with Crippen LogP contribution in [0.25, 0.3) is 0 Å². The molecule has 0 aromatic carbocycles. The molecule has 0 heterocycles. The van der Waals surface area contributed by atoms with E-state index in [1.807, 2.05) is 13.8 Å². The monoisotopic (exact) mass is 197 g/mol. The molecule has 1 aliphatic carbocycles. The fourth-order valence-corrected chi connectivity index (χ4v) is 2.36. The molecule has 2 nitrogen and oxygen atoms in total. The van der Waals surface area contributed by atoms with Gasteiger partial charge in [-0.3, -0.25) is 4.79 Å². The highest BCUT2D eigenvalue weighted by molar-refractivity contribution is 5.79. The third-order valence-electron chi connectivity index (χ3n) is 3.60. The van der Waals surface area contributed by atoms with E-state index in [0.717, 1.165) is 12.3 Å². The molecular formula is C12H23NO. The smallest absolute Gasteiger partial charge is 0.223 e. The van der Waals surface area contributed by atoms with E-state index >= 15 is 0 Å². The van der Waals surface area contributed by atoms with Gasteiger partial charge in [0.15, 0.2) is 0 Å². The number of rotatable bonds is 3. The second-order valence-corrected chi connectivity index (χ2v) is 5.58. The maximum Gasteiger partial charge on any atom is 0.223 e. The summed E-state index contributed by atoms with van der Waals surface area (Å²) >= 11 is 0. The van der Waals surface area contributed by atoms with Crippen LogP contribution in [0.3, 0.4) is 0 Å². The Bertz CT molecular complexity index is 202. The lowest BCUT2D eigenvalue weighted by molar-refractivity contribution is -0.127. The first kappa shape index (κ1) is 11.5. The van der Waals surface area contributed by atoms with E-state index < -0.39 is 0 Å². The molecule has 1 aliphatic rings. The summed E-state index contributed by atoms with van der Waals surface area (Å²) in [6.45, 7) is 6.25. The molecule has 0 aliphatic heterocycles. The van der Waals surface area contributed by atoms with Crippen LogP contribution in [0.5, 0.6) is 0 Å². The minimum absolute atomic E-state index is 0.156. The van der Waals surface area contributed by atoms with Gasteiger partial charge in [0.2, 0.25) is 5.91 Å². The molecule has 0 saturated heterocycles. The molecule has 82 valence electrons. The van der Waals surface area contributed by atoms with Crippen LogP contribution in [0.2, 0.25) is 0 Å². The van der Waals surface area contributed by atoms with Crippen LogP contribution in [0.1, 0.15) is 52.9 Å². The molecule has 0 bridgehead atoms. The van der Waals surface area contributed by atoms with E-state index in [-0.39, 0.29) is 11.3 Å². The number of hydrogen-bond donors (Lipinski definition) is 1. The Morgan fingerprint density at radius 1 is 1.29 bits per heavy atom. The Hall–Kier alpha value is -0.530. The number of hydrogen-bond acceptors (Lipinski definition) is 1. The van der Waals surface area contributed by atoms with Crippen molar-refractivity contribution < 1.29 is 4.79 Å². The topological polar surface area (TPSA) is 43.1 Å². The average Bonchev–Trinajstić information content (AvgIpc) is 2.08. The van der Waals surface area contributed by atoms with E-state index in [4.69, 9.17) is 5.73 Å². The molecular weight excluding hydrogens is 174 g/mol. The molecule has 2 heteroatoms. The van der Waals surface area contributed by atoms with Crippen molar-refractivity contribution in [3.63, 3.8) is 0 Å². The number of carbonyl (C=O) groups excluding carboxylic acids is 1. The predicted molar refractivity (Wildman–Crippen MR) is 58.7 cm³/mol. The van der Waals surface area contributed by atoms with Crippen LogP contribution in [0.15, 0.2) is 0 Å². The van der Waals surface area contributed by atoms with Crippen molar-refractivity contribution in [2.75, 3.05) is 0 Å². The molecule has 1 rings (SSSR count). The quantitative estimate of drug-likeness (QED) is 0.742. The van der Waals surface area contributed by atoms with E-state index in [1.165, 1.54) is 25.7 Å². The maximum atomic E-state index is 11.2. The van der Waals surface area contributed by atoms with E-state index in [2.05, 4.69) is 6.92 Å². The van der Waals surface area contributed by atoms with Crippen LogP contribution >= 0.6 is 0 Å². The van der Waals surface area contributed by atoms with Gasteiger partial charge in [0.25, 0.3) is 0 Å². The fraction of sp³-hybridized carbons (Fsp3) is 0.917. The van der Waals surface area contributed by atoms with Crippen LogP contribution in [-0.2, 0) is 4.79 Å².